The molecule has 1 fully saturated rings. The summed E-state index contributed by atoms with van der Waals surface area (Å²) in [5.74, 6) is 0. The smallest absolute Gasteiger partial charge is 0.127 e. The van der Waals surface area contributed by atoms with Gasteiger partial charge in [0.1, 0.15) is 18.3 Å². The molecular weight excluding hydrogens is 160 g/mol. The highest BCUT2D eigenvalue weighted by Crippen LogP contribution is 2.27. The maximum Gasteiger partial charge on any atom is 0.127 e. The molecule has 0 amide bonds. The Morgan fingerprint density at radius 2 is 2.42 bits per heavy atom. The summed E-state index contributed by atoms with van der Waals surface area (Å²) in [5, 5.41) is 18.6. The first-order valence-corrected chi connectivity index (χ1v) is 3.75. The summed E-state index contributed by atoms with van der Waals surface area (Å²) in [4.78, 5) is 6.62. The Morgan fingerprint density at radius 1 is 1.58 bits per heavy atom. The van der Waals surface area contributed by atoms with Crippen molar-refractivity contribution in [2.75, 3.05) is 6.61 Å². The van der Waals surface area contributed by atoms with E-state index in [1.54, 1.807) is 6.20 Å². The van der Waals surface area contributed by atoms with Gasteiger partial charge in [0.15, 0.2) is 0 Å². The molecule has 2 rings (SSSR count). The van der Waals surface area contributed by atoms with Gasteiger partial charge >= 0.3 is 0 Å². The van der Waals surface area contributed by atoms with E-state index in [-0.39, 0.29) is 6.61 Å². The lowest BCUT2D eigenvalue weighted by atomic mass is 10.1. The van der Waals surface area contributed by atoms with E-state index in [1.165, 1.54) is 6.33 Å². The summed E-state index contributed by atoms with van der Waals surface area (Å²) in [6.45, 7) is 0.171. The van der Waals surface area contributed by atoms with Crippen molar-refractivity contribution < 1.29 is 14.9 Å². The molecule has 0 radical (unpaired) electrons. The number of aromatic nitrogens is 2. The molecule has 1 saturated heterocycles. The van der Waals surface area contributed by atoms with Crippen LogP contribution in [0.2, 0.25) is 0 Å². The molecule has 0 bridgehead atoms. The molecule has 12 heavy (non-hydrogen) atoms. The predicted molar refractivity (Wildman–Crippen MR) is 39.3 cm³/mol. The third kappa shape index (κ3) is 1.12. The van der Waals surface area contributed by atoms with Gasteiger partial charge in [-0.15, -0.1) is 0 Å². The van der Waals surface area contributed by atoms with Crippen LogP contribution in [0.3, 0.4) is 0 Å². The van der Waals surface area contributed by atoms with Crippen LogP contribution in [0.1, 0.15) is 11.8 Å². The minimum absolute atomic E-state index is 0.171. The lowest BCUT2D eigenvalue weighted by molar-refractivity contribution is 0.0207. The second-order valence-corrected chi connectivity index (χ2v) is 2.82. The molecule has 1 aromatic rings. The van der Waals surface area contributed by atoms with Crippen LogP contribution in [0.25, 0.3) is 0 Å². The van der Waals surface area contributed by atoms with Crippen molar-refractivity contribution in [3.05, 3.63) is 18.2 Å². The van der Waals surface area contributed by atoms with Gasteiger partial charge in [-0.3, -0.25) is 0 Å². The van der Waals surface area contributed by atoms with Gasteiger partial charge in [-0.25, -0.2) is 4.98 Å². The fraction of sp³-hybridized carbons (Fsp3) is 0.571. The number of ether oxygens (including phenoxy) is 1. The van der Waals surface area contributed by atoms with E-state index in [2.05, 4.69) is 9.97 Å². The third-order valence-corrected chi connectivity index (χ3v) is 1.98. The van der Waals surface area contributed by atoms with Crippen LogP contribution in [-0.2, 0) is 4.74 Å². The van der Waals surface area contributed by atoms with E-state index < -0.39 is 18.3 Å². The summed E-state index contributed by atoms with van der Waals surface area (Å²) >= 11 is 0. The van der Waals surface area contributed by atoms with E-state index >= 15 is 0 Å². The number of aliphatic hydroxyl groups is 2. The van der Waals surface area contributed by atoms with Crippen molar-refractivity contribution >= 4 is 0 Å². The lowest BCUT2D eigenvalue weighted by Crippen LogP contribution is -2.25. The van der Waals surface area contributed by atoms with Crippen molar-refractivity contribution in [2.24, 2.45) is 0 Å². The molecular formula is C7H10N2O3. The molecule has 2 heterocycles. The van der Waals surface area contributed by atoms with E-state index in [0.717, 1.165) is 0 Å². The van der Waals surface area contributed by atoms with Gasteiger partial charge in [-0.1, -0.05) is 0 Å². The number of nitrogens with zero attached hydrogens (tertiary/aromatic N) is 1. The summed E-state index contributed by atoms with van der Waals surface area (Å²) in [6.07, 6.45) is 0.966. The number of rotatable bonds is 1. The second kappa shape index (κ2) is 2.85. The first-order valence-electron chi connectivity index (χ1n) is 3.75. The highest BCUT2D eigenvalue weighted by Gasteiger charge is 2.36. The summed E-state index contributed by atoms with van der Waals surface area (Å²) in [7, 11) is 0. The standard InChI is InChI=1S/C7H10N2O3/c10-5-2-12-7(6(5)11)4-1-8-3-9-4/h1,3,5-7,10-11H,2H2,(H,8,9)/t5-,6+,7-/m1/s1. The van der Waals surface area contributed by atoms with Crippen LogP contribution in [0, 0.1) is 0 Å². The first kappa shape index (κ1) is 7.72. The molecule has 0 aliphatic carbocycles. The summed E-state index contributed by atoms with van der Waals surface area (Å²) < 4.78 is 5.15. The Bertz CT molecular complexity index is 249. The van der Waals surface area contributed by atoms with Crippen LogP contribution < -0.4 is 0 Å². The second-order valence-electron chi connectivity index (χ2n) is 2.82. The fourth-order valence-electron chi connectivity index (χ4n) is 1.30. The maximum atomic E-state index is 9.41. The average Bonchev–Trinajstić information content (AvgIpc) is 2.64. The molecule has 3 atom stereocenters. The highest BCUT2D eigenvalue weighted by atomic mass is 16.5. The van der Waals surface area contributed by atoms with Gasteiger partial charge in [-0.05, 0) is 0 Å². The molecule has 1 aromatic heterocycles. The largest absolute Gasteiger partial charge is 0.388 e. The number of aliphatic hydroxyl groups excluding tert-OH is 2. The first-order chi connectivity index (χ1) is 5.79. The summed E-state index contributed by atoms with van der Waals surface area (Å²) in [5.41, 5.74) is 0.694. The van der Waals surface area contributed by atoms with Crippen LogP contribution in [0.4, 0.5) is 0 Å². The van der Waals surface area contributed by atoms with Crippen LogP contribution in [0.15, 0.2) is 12.5 Å². The molecule has 0 saturated carbocycles. The van der Waals surface area contributed by atoms with Crippen LogP contribution >= 0.6 is 0 Å². The van der Waals surface area contributed by atoms with Crippen LogP contribution in [0.5, 0.6) is 0 Å². The molecule has 5 heteroatoms. The van der Waals surface area contributed by atoms with Gasteiger partial charge < -0.3 is 19.9 Å². The zero-order valence-electron chi connectivity index (χ0n) is 6.34. The zero-order valence-corrected chi connectivity index (χ0v) is 6.34. The Morgan fingerprint density at radius 3 is 2.92 bits per heavy atom. The Labute approximate surface area is 69.0 Å². The minimum atomic E-state index is -0.856. The number of hydrogen-bond acceptors (Lipinski definition) is 4. The van der Waals surface area contributed by atoms with E-state index in [1.807, 2.05) is 0 Å². The van der Waals surface area contributed by atoms with Gasteiger partial charge in [0.2, 0.25) is 0 Å². The van der Waals surface area contributed by atoms with Crippen molar-refractivity contribution in [3.63, 3.8) is 0 Å². The lowest BCUT2D eigenvalue weighted by Gasteiger charge is -2.11. The van der Waals surface area contributed by atoms with Crippen molar-refractivity contribution in [2.45, 2.75) is 18.3 Å². The topological polar surface area (TPSA) is 78.4 Å². The normalized spacial score (nSPS) is 35.7. The van der Waals surface area contributed by atoms with Crippen molar-refractivity contribution in [3.8, 4) is 0 Å². The predicted octanol–water partition coefficient (Wildman–Crippen LogP) is -0.797. The Kier molecular flexibility index (Phi) is 1.84. The fourth-order valence-corrected chi connectivity index (χ4v) is 1.30. The minimum Gasteiger partial charge on any atom is -0.388 e. The molecule has 66 valence electrons. The number of hydrogen-bond donors (Lipinski definition) is 3. The van der Waals surface area contributed by atoms with Gasteiger partial charge in [-0.2, -0.15) is 0 Å². The van der Waals surface area contributed by atoms with Crippen molar-refractivity contribution in [1.29, 1.82) is 0 Å². The SMILES string of the molecule is O[C@H]1[C@H](O)CO[C@@H]1c1cnc[nH]1. The molecule has 3 N–H and O–H groups in total. The van der Waals surface area contributed by atoms with E-state index in [4.69, 9.17) is 9.84 Å². The average molecular weight is 170 g/mol. The van der Waals surface area contributed by atoms with Gasteiger partial charge in [0, 0.05) is 0 Å². The summed E-state index contributed by atoms with van der Waals surface area (Å²) in [6, 6.07) is 0. The Hall–Kier alpha value is -0.910. The maximum absolute atomic E-state index is 9.41. The molecule has 0 unspecified atom stereocenters. The number of nitrogens with one attached hydrogen (secondary N) is 1. The third-order valence-electron chi connectivity index (χ3n) is 1.98. The number of H-pyrrole nitrogens is 1. The quantitative estimate of drug-likeness (QED) is 0.515. The van der Waals surface area contributed by atoms with Gasteiger partial charge in [0.25, 0.3) is 0 Å². The number of imidazole rings is 1. The zero-order chi connectivity index (χ0) is 8.55. The van der Waals surface area contributed by atoms with E-state index in [9.17, 15) is 5.11 Å². The molecule has 0 aromatic carbocycles. The van der Waals surface area contributed by atoms with Gasteiger partial charge in [0.05, 0.1) is 24.8 Å². The molecule has 1 aliphatic rings. The molecule has 1 aliphatic heterocycles. The van der Waals surface area contributed by atoms with E-state index in [0.29, 0.717) is 5.69 Å². The number of aromatic amines is 1. The highest BCUT2D eigenvalue weighted by molar-refractivity contribution is 5.05. The monoisotopic (exact) mass is 170 g/mol. The molecule has 5 nitrogen and oxygen atoms in total. The Balaban J connectivity index is 2.16. The molecule has 0 spiro atoms. The van der Waals surface area contributed by atoms with Crippen molar-refractivity contribution in [1.82, 2.24) is 9.97 Å². The van der Waals surface area contributed by atoms with Crippen LogP contribution in [-0.4, -0.2) is 39.0 Å².